The van der Waals surface area contributed by atoms with Crippen LogP contribution in [0, 0.1) is 12.8 Å². The third-order valence-corrected chi connectivity index (χ3v) is 4.11. The number of carboxylic acids is 1. The Balaban J connectivity index is 2.05. The minimum atomic E-state index is -0.981. The number of aryl methyl sites for hydroxylation is 2. The van der Waals surface area contributed by atoms with Gasteiger partial charge in [-0.05, 0) is 32.1 Å². The van der Waals surface area contributed by atoms with E-state index < -0.39 is 5.97 Å². The molecule has 0 radical (unpaired) electrons. The molecule has 21 heavy (non-hydrogen) atoms. The van der Waals surface area contributed by atoms with Crippen LogP contribution in [0.4, 0.5) is 0 Å². The van der Waals surface area contributed by atoms with Crippen molar-refractivity contribution in [1.82, 2.24) is 14.4 Å². The summed E-state index contributed by atoms with van der Waals surface area (Å²) in [7, 11) is 0. The summed E-state index contributed by atoms with van der Waals surface area (Å²) in [6.07, 6.45) is 6.00. The van der Waals surface area contributed by atoms with Crippen molar-refractivity contribution in [3.05, 3.63) is 23.3 Å². The summed E-state index contributed by atoms with van der Waals surface area (Å²) < 4.78 is 7.44. The largest absolute Gasteiger partial charge is 0.477 e. The first-order valence-electron chi connectivity index (χ1n) is 7.34. The van der Waals surface area contributed by atoms with E-state index in [1.165, 1.54) is 19.3 Å². The second-order valence-corrected chi connectivity index (χ2v) is 5.53. The predicted octanol–water partition coefficient (Wildman–Crippen LogP) is 2.48. The Hall–Kier alpha value is -2.11. The molecule has 1 saturated carbocycles. The third kappa shape index (κ3) is 2.34. The van der Waals surface area contributed by atoms with Crippen LogP contribution in [0.15, 0.2) is 6.20 Å². The summed E-state index contributed by atoms with van der Waals surface area (Å²) in [5.74, 6) is 0.0354. The van der Waals surface area contributed by atoms with Crippen LogP contribution in [0.1, 0.15) is 48.1 Å². The molecule has 2 aromatic rings. The molecule has 0 saturated heterocycles. The van der Waals surface area contributed by atoms with Crippen LogP contribution in [-0.4, -0.2) is 32.1 Å². The van der Waals surface area contributed by atoms with E-state index in [0.29, 0.717) is 36.2 Å². The van der Waals surface area contributed by atoms with Crippen LogP contribution in [0.3, 0.4) is 0 Å². The topological polar surface area (TPSA) is 76.7 Å². The SMILES string of the molecule is CCc1cnc(OCC2CCC2)c2nc(C)c(C(=O)O)n12. The van der Waals surface area contributed by atoms with Gasteiger partial charge in [0.2, 0.25) is 5.65 Å². The first-order valence-corrected chi connectivity index (χ1v) is 7.34. The summed E-state index contributed by atoms with van der Waals surface area (Å²) in [4.78, 5) is 20.2. The van der Waals surface area contributed by atoms with E-state index in [4.69, 9.17) is 4.74 Å². The number of imidazole rings is 1. The van der Waals surface area contributed by atoms with Gasteiger partial charge in [0, 0.05) is 5.69 Å². The van der Waals surface area contributed by atoms with E-state index >= 15 is 0 Å². The molecule has 1 N–H and O–H groups in total. The average molecular weight is 289 g/mol. The molecule has 0 amide bonds. The molecule has 3 rings (SSSR count). The Kier molecular flexibility index (Phi) is 3.53. The molecular formula is C15H19N3O3. The smallest absolute Gasteiger partial charge is 0.354 e. The van der Waals surface area contributed by atoms with Crippen molar-refractivity contribution < 1.29 is 14.6 Å². The molecule has 0 bridgehead atoms. The highest BCUT2D eigenvalue weighted by molar-refractivity contribution is 5.88. The van der Waals surface area contributed by atoms with Gasteiger partial charge in [0.25, 0.3) is 5.88 Å². The van der Waals surface area contributed by atoms with Gasteiger partial charge in [0.1, 0.15) is 0 Å². The monoisotopic (exact) mass is 289 g/mol. The zero-order chi connectivity index (χ0) is 15.0. The van der Waals surface area contributed by atoms with Crippen LogP contribution in [0.5, 0.6) is 5.88 Å². The van der Waals surface area contributed by atoms with Crippen molar-refractivity contribution in [2.75, 3.05) is 6.61 Å². The van der Waals surface area contributed by atoms with Gasteiger partial charge in [-0.1, -0.05) is 13.3 Å². The van der Waals surface area contributed by atoms with Crippen LogP contribution in [0.25, 0.3) is 5.65 Å². The zero-order valence-corrected chi connectivity index (χ0v) is 12.3. The Morgan fingerprint density at radius 1 is 1.52 bits per heavy atom. The van der Waals surface area contributed by atoms with Gasteiger partial charge < -0.3 is 9.84 Å². The highest BCUT2D eigenvalue weighted by atomic mass is 16.5. The van der Waals surface area contributed by atoms with E-state index in [1.54, 1.807) is 17.5 Å². The summed E-state index contributed by atoms with van der Waals surface area (Å²) in [6, 6.07) is 0. The van der Waals surface area contributed by atoms with Gasteiger partial charge >= 0.3 is 5.97 Å². The van der Waals surface area contributed by atoms with Crippen LogP contribution in [-0.2, 0) is 6.42 Å². The second kappa shape index (κ2) is 5.35. The van der Waals surface area contributed by atoms with Gasteiger partial charge in [-0.25, -0.2) is 14.8 Å². The molecule has 1 fully saturated rings. The lowest BCUT2D eigenvalue weighted by Gasteiger charge is -2.24. The lowest BCUT2D eigenvalue weighted by atomic mass is 9.86. The first kappa shape index (κ1) is 13.9. The minimum absolute atomic E-state index is 0.192. The maximum absolute atomic E-state index is 11.5. The number of fused-ring (bicyclic) bond motifs is 1. The summed E-state index contributed by atoms with van der Waals surface area (Å²) in [5, 5.41) is 9.41. The third-order valence-electron chi connectivity index (χ3n) is 4.11. The van der Waals surface area contributed by atoms with Crippen molar-refractivity contribution >= 4 is 11.6 Å². The number of hydrogen-bond acceptors (Lipinski definition) is 4. The fraction of sp³-hybridized carbons (Fsp3) is 0.533. The van der Waals surface area contributed by atoms with Gasteiger partial charge in [-0.2, -0.15) is 0 Å². The maximum atomic E-state index is 11.5. The van der Waals surface area contributed by atoms with Gasteiger partial charge in [0.15, 0.2) is 5.69 Å². The van der Waals surface area contributed by atoms with Crippen molar-refractivity contribution in [1.29, 1.82) is 0 Å². The number of carbonyl (C=O) groups is 1. The fourth-order valence-electron chi connectivity index (χ4n) is 2.66. The summed E-state index contributed by atoms with van der Waals surface area (Å²) in [6.45, 7) is 4.29. The molecule has 2 aromatic heterocycles. The standard InChI is InChI=1S/C15H19N3O3/c1-3-11-7-16-14(21-8-10-5-4-6-10)13-17-9(2)12(15(19)20)18(11)13/h7,10H,3-6,8H2,1-2H3,(H,19,20). The van der Waals surface area contributed by atoms with Crippen LogP contribution >= 0.6 is 0 Å². The number of ether oxygens (including phenoxy) is 1. The molecule has 6 nitrogen and oxygen atoms in total. The predicted molar refractivity (Wildman–Crippen MR) is 76.9 cm³/mol. The Bertz CT molecular complexity index is 689. The number of aromatic nitrogens is 3. The van der Waals surface area contributed by atoms with E-state index in [1.807, 2.05) is 6.92 Å². The van der Waals surface area contributed by atoms with Crippen molar-refractivity contribution in [3.8, 4) is 5.88 Å². The molecule has 1 aliphatic rings. The Morgan fingerprint density at radius 2 is 2.29 bits per heavy atom. The number of aromatic carboxylic acids is 1. The van der Waals surface area contributed by atoms with Crippen molar-refractivity contribution in [3.63, 3.8) is 0 Å². The van der Waals surface area contributed by atoms with E-state index in [-0.39, 0.29) is 5.69 Å². The quantitative estimate of drug-likeness (QED) is 0.915. The number of nitrogens with zero attached hydrogens (tertiary/aromatic N) is 3. The molecule has 1 aliphatic carbocycles. The van der Waals surface area contributed by atoms with Gasteiger partial charge in [-0.3, -0.25) is 4.40 Å². The van der Waals surface area contributed by atoms with Gasteiger partial charge in [0.05, 0.1) is 18.5 Å². The van der Waals surface area contributed by atoms with Crippen LogP contribution < -0.4 is 4.74 Å². The minimum Gasteiger partial charge on any atom is -0.477 e. The van der Waals surface area contributed by atoms with E-state index in [9.17, 15) is 9.90 Å². The molecule has 2 heterocycles. The first-order chi connectivity index (χ1) is 10.1. The molecule has 0 spiro atoms. The fourth-order valence-corrected chi connectivity index (χ4v) is 2.66. The lowest BCUT2D eigenvalue weighted by molar-refractivity contribution is 0.0688. The number of carboxylic acid groups (broad SMARTS) is 1. The molecule has 6 heteroatoms. The van der Waals surface area contributed by atoms with Gasteiger partial charge in [-0.15, -0.1) is 0 Å². The molecule has 0 aromatic carbocycles. The highest BCUT2D eigenvalue weighted by Gasteiger charge is 2.23. The lowest BCUT2D eigenvalue weighted by Crippen LogP contribution is -2.20. The normalized spacial score (nSPS) is 15.1. The molecular weight excluding hydrogens is 270 g/mol. The Labute approximate surface area is 122 Å². The molecule has 0 unspecified atom stereocenters. The molecule has 0 atom stereocenters. The second-order valence-electron chi connectivity index (χ2n) is 5.53. The summed E-state index contributed by atoms with van der Waals surface area (Å²) in [5.41, 5.74) is 2.00. The maximum Gasteiger partial charge on any atom is 0.354 e. The van der Waals surface area contributed by atoms with Crippen molar-refractivity contribution in [2.45, 2.75) is 39.5 Å². The number of rotatable bonds is 5. The van der Waals surface area contributed by atoms with E-state index in [2.05, 4.69) is 9.97 Å². The highest BCUT2D eigenvalue weighted by Crippen LogP contribution is 2.28. The summed E-state index contributed by atoms with van der Waals surface area (Å²) >= 11 is 0. The zero-order valence-electron chi connectivity index (χ0n) is 12.3. The Morgan fingerprint density at radius 3 is 2.86 bits per heavy atom. The number of hydrogen-bond donors (Lipinski definition) is 1. The molecule has 112 valence electrons. The van der Waals surface area contributed by atoms with Crippen molar-refractivity contribution in [2.24, 2.45) is 5.92 Å². The van der Waals surface area contributed by atoms with Crippen LogP contribution in [0.2, 0.25) is 0 Å². The van der Waals surface area contributed by atoms with E-state index in [0.717, 1.165) is 5.69 Å². The average Bonchev–Trinajstić information content (AvgIpc) is 2.74. The molecule has 0 aliphatic heterocycles.